The first-order chi connectivity index (χ1) is 15.8. The normalized spacial score (nSPS) is 27.8. The summed E-state index contributed by atoms with van der Waals surface area (Å²) in [7, 11) is -3.19. The second-order valence-electron chi connectivity index (χ2n) is 9.72. The summed E-state index contributed by atoms with van der Waals surface area (Å²) in [4.78, 5) is 19.4. The largest absolute Gasteiger partial charge is 0.363 e. The van der Waals surface area contributed by atoms with Crippen LogP contribution in [-0.4, -0.2) is 57.0 Å². The van der Waals surface area contributed by atoms with E-state index in [0.29, 0.717) is 11.7 Å². The summed E-state index contributed by atoms with van der Waals surface area (Å²) >= 11 is 6.35. The fourth-order valence-electron chi connectivity index (χ4n) is 6.33. The first kappa shape index (κ1) is 21.3. The van der Waals surface area contributed by atoms with Crippen molar-refractivity contribution < 1.29 is 8.42 Å². The smallest absolute Gasteiger partial charge is 0.211 e. The van der Waals surface area contributed by atoms with Crippen molar-refractivity contribution in [3.8, 4) is 0 Å². The van der Waals surface area contributed by atoms with E-state index >= 15 is 0 Å². The summed E-state index contributed by atoms with van der Waals surface area (Å²) in [5.74, 6) is 0.251. The van der Waals surface area contributed by atoms with Crippen LogP contribution >= 0.6 is 11.6 Å². The van der Waals surface area contributed by atoms with Crippen molar-refractivity contribution in [2.75, 3.05) is 11.2 Å². The van der Waals surface area contributed by atoms with Crippen LogP contribution in [0.3, 0.4) is 0 Å². The Morgan fingerprint density at radius 1 is 1.18 bits per heavy atom. The minimum absolute atomic E-state index is 0.0754. The highest BCUT2D eigenvalue weighted by Crippen LogP contribution is 2.45. The van der Waals surface area contributed by atoms with Crippen LogP contribution in [0, 0.1) is 0 Å². The van der Waals surface area contributed by atoms with Gasteiger partial charge in [-0.05, 0) is 44.7 Å². The number of aromatic nitrogens is 4. The number of piperidine rings is 1. The third-order valence-electron chi connectivity index (χ3n) is 7.64. The third kappa shape index (κ3) is 3.52. The molecule has 0 amide bonds. The number of hydrogen-bond acceptors (Lipinski definition) is 6. The van der Waals surface area contributed by atoms with Gasteiger partial charge in [0.1, 0.15) is 17.1 Å². The van der Waals surface area contributed by atoms with Gasteiger partial charge in [-0.1, -0.05) is 11.6 Å². The van der Waals surface area contributed by atoms with Gasteiger partial charge in [0.2, 0.25) is 10.0 Å². The molecule has 10 heteroatoms. The van der Waals surface area contributed by atoms with Gasteiger partial charge in [0.15, 0.2) is 0 Å². The molecule has 2 saturated heterocycles. The summed E-state index contributed by atoms with van der Waals surface area (Å²) in [5, 5.41) is 1.51. The van der Waals surface area contributed by atoms with Crippen LogP contribution in [0.2, 0.25) is 5.15 Å². The SMILES string of the molecule is C[C@@H]1Cc2ncnc([C@H]3C[C@H]4CC[C@@H](C3)N4S(C)(=O)=O)c2CN1c1cc(Cl)nc2[nH]ccc12. The zero-order chi connectivity index (χ0) is 22.9. The monoisotopic (exact) mass is 486 g/mol. The molecule has 3 aliphatic rings. The molecular formula is C23H27ClN6O2S. The van der Waals surface area contributed by atoms with Crippen LogP contribution in [0.15, 0.2) is 24.7 Å². The average molecular weight is 487 g/mol. The van der Waals surface area contributed by atoms with Crippen molar-refractivity contribution in [3.63, 3.8) is 0 Å². The van der Waals surface area contributed by atoms with Crippen LogP contribution in [-0.2, 0) is 23.0 Å². The average Bonchev–Trinajstić information content (AvgIpc) is 3.34. The number of nitrogens with one attached hydrogen (secondary N) is 1. The van der Waals surface area contributed by atoms with Crippen LogP contribution in [0.4, 0.5) is 5.69 Å². The number of rotatable bonds is 3. The van der Waals surface area contributed by atoms with E-state index in [1.54, 1.807) is 10.6 Å². The molecule has 0 aliphatic carbocycles. The van der Waals surface area contributed by atoms with Crippen LogP contribution in [0.1, 0.15) is 55.5 Å². The number of aromatic amines is 1. The summed E-state index contributed by atoms with van der Waals surface area (Å²) in [6.07, 6.45) is 9.27. The second kappa shape index (κ2) is 7.65. The van der Waals surface area contributed by atoms with Gasteiger partial charge in [-0.2, -0.15) is 4.31 Å². The predicted octanol–water partition coefficient (Wildman–Crippen LogP) is 3.63. The maximum Gasteiger partial charge on any atom is 0.211 e. The molecule has 3 aliphatic heterocycles. The van der Waals surface area contributed by atoms with E-state index in [-0.39, 0.29) is 24.0 Å². The van der Waals surface area contributed by atoms with E-state index in [0.717, 1.165) is 60.2 Å². The van der Waals surface area contributed by atoms with Crippen LogP contribution in [0.5, 0.6) is 0 Å². The summed E-state index contributed by atoms with van der Waals surface area (Å²) in [5.41, 5.74) is 5.22. The molecule has 33 heavy (non-hydrogen) atoms. The Hall–Kier alpha value is -2.23. The maximum absolute atomic E-state index is 12.3. The Morgan fingerprint density at radius 2 is 1.94 bits per heavy atom. The molecule has 3 aromatic heterocycles. The Bertz CT molecular complexity index is 1330. The van der Waals surface area contributed by atoms with Gasteiger partial charge in [-0.15, -0.1) is 0 Å². The molecule has 0 spiro atoms. The number of hydrogen-bond donors (Lipinski definition) is 1. The molecule has 0 unspecified atom stereocenters. The Balaban J connectivity index is 1.37. The number of pyridine rings is 1. The van der Waals surface area contributed by atoms with Gasteiger partial charge in [0, 0.05) is 54.2 Å². The lowest BCUT2D eigenvalue weighted by Gasteiger charge is -2.40. The highest BCUT2D eigenvalue weighted by atomic mass is 35.5. The van der Waals surface area contributed by atoms with E-state index in [9.17, 15) is 8.42 Å². The zero-order valence-electron chi connectivity index (χ0n) is 18.7. The van der Waals surface area contributed by atoms with Crippen molar-refractivity contribution in [3.05, 3.63) is 46.8 Å². The van der Waals surface area contributed by atoms with E-state index < -0.39 is 10.0 Å². The predicted molar refractivity (Wildman–Crippen MR) is 128 cm³/mol. The Morgan fingerprint density at radius 3 is 2.67 bits per heavy atom. The Kier molecular flexibility index (Phi) is 4.94. The van der Waals surface area contributed by atoms with Gasteiger partial charge in [-0.3, -0.25) is 0 Å². The molecule has 1 N–H and O–H groups in total. The number of anilines is 1. The van der Waals surface area contributed by atoms with Gasteiger partial charge in [0.25, 0.3) is 0 Å². The summed E-state index contributed by atoms with van der Waals surface area (Å²) in [6.45, 7) is 2.91. The zero-order valence-corrected chi connectivity index (χ0v) is 20.3. The lowest BCUT2D eigenvalue weighted by Crippen LogP contribution is -2.46. The molecule has 174 valence electrons. The van der Waals surface area contributed by atoms with Gasteiger partial charge in [-0.25, -0.2) is 23.4 Å². The van der Waals surface area contributed by atoms with Crippen molar-refractivity contribution in [1.82, 2.24) is 24.2 Å². The van der Waals surface area contributed by atoms with Gasteiger partial charge < -0.3 is 9.88 Å². The molecule has 0 saturated carbocycles. The second-order valence-corrected chi connectivity index (χ2v) is 12.0. The maximum atomic E-state index is 12.3. The first-order valence-electron chi connectivity index (χ1n) is 11.5. The van der Waals surface area contributed by atoms with Gasteiger partial charge >= 0.3 is 0 Å². The number of sulfonamides is 1. The standard InChI is InChI=1S/C23H27ClN6O2S/c1-13-7-19-18(11-29(13)20-10-21(24)28-23-17(20)5-6-25-23)22(27-12-26-19)14-8-15-3-4-16(9-14)30(15)33(2,31)32/h5-6,10,12-16H,3-4,7-9,11H2,1-2H3,(H,25,28)/t13-,14-,15+,16-/m1/s1. The van der Waals surface area contributed by atoms with Crippen molar-refractivity contribution in [2.24, 2.45) is 0 Å². The van der Waals surface area contributed by atoms with E-state index in [2.05, 4.69) is 26.8 Å². The molecule has 3 aromatic rings. The minimum Gasteiger partial charge on any atom is -0.363 e. The fourth-order valence-corrected chi connectivity index (χ4v) is 7.98. The number of halogens is 1. The van der Waals surface area contributed by atoms with Crippen LogP contribution in [0.25, 0.3) is 11.0 Å². The molecule has 6 heterocycles. The molecule has 2 fully saturated rings. The highest BCUT2D eigenvalue weighted by Gasteiger charge is 2.46. The molecule has 8 nitrogen and oxygen atoms in total. The topological polar surface area (TPSA) is 95.1 Å². The minimum atomic E-state index is -3.19. The quantitative estimate of drug-likeness (QED) is 0.568. The summed E-state index contributed by atoms with van der Waals surface area (Å²) < 4.78 is 26.5. The first-order valence-corrected chi connectivity index (χ1v) is 13.7. The number of fused-ring (bicyclic) bond motifs is 4. The molecule has 4 atom stereocenters. The molecule has 0 radical (unpaired) electrons. The molecule has 6 rings (SSSR count). The Labute approximate surface area is 198 Å². The molecule has 0 aromatic carbocycles. The van der Waals surface area contributed by atoms with Gasteiger partial charge in [0.05, 0.1) is 23.3 Å². The van der Waals surface area contributed by atoms with E-state index in [1.807, 2.05) is 18.3 Å². The summed E-state index contributed by atoms with van der Waals surface area (Å²) in [6, 6.07) is 4.38. The van der Waals surface area contributed by atoms with Crippen molar-refractivity contribution >= 4 is 38.3 Å². The highest BCUT2D eigenvalue weighted by molar-refractivity contribution is 7.88. The molecular weight excluding hydrogens is 460 g/mol. The lowest BCUT2D eigenvalue weighted by atomic mass is 9.85. The molecule has 2 bridgehead atoms. The van der Waals surface area contributed by atoms with Crippen molar-refractivity contribution in [1.29, 1.82) is 0 Å². The third-order valence-corrected chi connectivity index (χ3v) is 9.19. The number of H-pyrrole nitrogens is 1. The number of nitrogens with zero attached hydrogens (tertiary/aromatic N) is 5. The fraction of sp³-hybridized carbons (Fsp3) is 0.522. The van der Waals surface area contributed by atoms with Crippen LogP contribution < -0.4 is 4.90 Å². The van der Waals surface area contributed by atoms with E-state index in [1.165, 1.54) is 11.8 Å². The lowest BCUT2D eigenvalue weighted by molar-refractivity contribution is 0.224. The van der Waals surface area contributed by atoms with Crippen molar-refractivity contribution in [2.45, 2.75) is 69.6 Å². The van der Waals surface area contributed by atoms with E-state index in [4.69, 9.17) is 16.6 Å².